The third kappa shape index (κ3) is 5.85. The van der Waals surface area contributed by atoms with E-state index in [1.807, 2.05) is 0 Å². The average molecular weight is 377 g/mol. The van der Waals surface area contributed by atoms with Gasteiger partial charge >= 0.3 is 12.3 Å². The summed E-state index contributed by atoms with van der Waals surface area (Å²) < 4.78 is 67.2. The predicted molar refractivity (Wildman–Crippen MR) is 70.7 cm³/mol. The van der Waals surface area contributed by atoms with Crippen LogP contribution in [0.5, 0.6) is 0 Å². The summed E-state index contributed by atoms with van der Waals surface area (Å²) in [4.78, 5) is 0. The van der Waals surface area contributed by atoms with Gasteiger partial charge in [0.2, 0.25) is 0 Å². The van der Waals surface area contributed by atoms with Gasteiger partial charge in [0.15, 0.2) is 0 Å². The topological polar surface area (TPSA) is 47.3 Å². The zero-order chi connectivity index (χ0) is 16.0. The van der Waals surface area contributed by atoms with Crippen molar-refractivity contribution in [1.29, 1.82) is 0 Å². The van der Waals surface area contributed by atoms with Gasteiger partial charge in [0, 0.05) is 10.5 Å². The van der Waals surface area contributed by atoms with E-state index in [1.54, 1.807) is 0 Å². The maximum Gasteiger partial charge on any atom is 0.330 e. The van der Waals surface area contributed by atoms with Crippen molar-refractivity contribution in [2.75, 3.05) is 13.2 Å². The molecule has 1 rings (SSSR count). The molecule has 1 aromatic rings. The number of rotatable bonds is 8. The fraction of sp³-hybridized carbons (Fsp3) is 0.500. The fourth-order valence-electron chi connectivity index (χ4n) is 1.52. The zero-order valence-corrected chi connectivity index (χ0v) is 12.3. The van der Waals surface area contributed by atoms with E-state index in [0.29, 0.717) is 10.0 Å². The van der Waals surface area contributed by atoms with E-state index in [0.717, 1.165) is 0 Å². The fourth-order valence-corrected chi connectivity index (χ4v) is 2.03. The number of nitrogens with two attached hydrogens (primary N) is 1. The molecule has 3 N–H and O–H groups in total. The third-order valence-electron chi connectivity index (χ3n) is 2.65. The summed E-state index contributed by atoms with van der Waals surface area (Å²) >= 11 is 3.16. The second-order valence-electron chi connectivity index (χ2n) is 4.38. The maximum absolute atomic E-state index is 12.9. The first-order valence-corrected chi connectivity index (χ1v) is 6.69. The van der Waals surface area contributed by atoms with Crippen molar-refractivity contribution in [2.45, 2.75) is 24.8 Å². The summed E-state index contributed by atoms with van der Waals surface area (Å²) in [6.45, 7) is -1.68. The van der Waals surface area contributed by atoms with Crippen LogP contribution in [-0.4, -0.2) is 31.6 Å². The van der Waals surface area contributed by atoms with Gasteiger partial charge in [-0.05, 0) is 24.1 Å². The highest BCUT2D eigenvalue weighted by Crippen LogP contribution is 2.23. The molecule has 9 heteroatoms. The number of hydrogen-bond acceptors (Lipinski definition) is 3. The second kappa shape index (κ2) is 8.02. The Kier molecular flexibility index (Phi) is 6.98. The van der Waals surface area contributed by atoms with E-state index >= 15 is 0 Å². The normalized spacial score (nSPS) is 13.7. The lowest BCUT2D eigenvalue weighted by molar-refractivity contribution is -0.167. The Labute approximate surface area is 126 Å². The molecule has 1 atom stereocenters. The van der Waals surface area contributed by atoms with Gasteiger partial charge in [-0.25, -0.2) is 13.2 Å². The van der Waals surface area contributed by atoms with Crippen molar-refractivity contribution in [1.82, 2.24) is 5.43 Å². The number of hydrogen-bond donors (Lipinski definition) is 2. The molecule has 0 spiro atoms. The van der Waals surface area contributed by atoms with Crippen LogP contribution in [0, 0.1) is 5.82 Å². The summed E-state index contributed by atoms with van der Waals surface area (Å²) in [6, 6.07) is 3.39. The Balaban J connectivity index is 2.52. The number of nitrogens with one attached hydrogen (secondary N) is 1. The maximum atomic E-state index is 12.9. The Morgan fingerprint density at radius 1 is 1.33 bits per heavy atom. The van der Waals surface area contributed by atoms with Crippen LogP contribution in [-0.2, 0) is 11.2 Å². The first-order chi connectivity index (χ1) is 9.76. The Morgan fingerprint density at radius 2 is 2.00 bits per heavy atom. The molecule has 0 aliphatic carbocycles. The summed E-state index contributed by atoms with van der Waals surface area (Å²) in [7, 11) is 0. The second-order valence-corrected chi connectivity index (χ2v) is 5.23. The van der Waals surface area contributed by atoms with Gasteiger partial charge in [-0.3, -0.25) is 11.3 Å². The molecular weight excluding hydrogens is 363 g/mol. The highest BCUT2D eigenvalue weighted by atomic mass is 79.9. The van der Waals surface area contributed by atoms with Crippen LogP contribution < -0.4 is 11.3 Å². The highest BCUT2D eigenvalue weighted by Gasteiger charge is 2.41. The molecule has 1 aromatic carbocycles. The largest absolute Gasteiger partial charge is 0.373 e. The van der Waals surface area contributed by atoms with Crippen LogP contribution in [0.25, 0.3) is 0 Å². The lowest BCUT2D eigenvalue weighted by Crippen LogP contribution is -2.42. The van der Waals surface area contributed by atoms with E-state index in [4.69, 9.17) is 5.84 Å². The predicted octanol–water partition coefficient (Wildman–Crippen LogP) is 2.88. The Hall–Kier alpha value is -0.770. The van der Waals surface area contributed by atoms with E-state index in [-0.39, 0.29) is 13.0 Å². The molecule has 0 saturated carbocycles. The van der Waals surface area contributed by atoms with Crippen molar-refractivity contribution in [3.8, 4) is 0 Å². The summed E-state index contributed by atoms with van der Waals surface area (Å²) in [5.41, 5.74) is 3.01. The lowest BCUT2D eigenvalue weighted by Gasteiger charge is -2.20. The average Bonchev–Trinajstić information content (AvgIpc) is 2.39. The molecule has 120 valence electrons. The molecule has 0 amide bonds. The van der Waals surface area contributed by atoms with Gasteiger partial charge in [-0.15, -0.1) is 0 Å². The molecular formula is C12H14BrF5N2O. The van der Waals surface area contributed by atoms with Crippen LogP contribution in [0.1, 0.15) is 5.56 Å². The molecule has 0 saturated heterocycles. The van der Waals surface area contributed by atoms with E-state index < -0.39 is 30.8 Å². The highest BCUT2D eigenvalue weighted by molar-refractivity contribution is 9.10. The molecule has 0 heterocycles. The van der Waals surface area contributed by atoms with Gasteiger partial charge < -0.3 is 4.74 Å². The van der Waals surface area contributed by atoms with Gasteiger partial charge in [-0.2, -0.15) is 8.78 Å². The third-order valence-corrected chi connectivity index (χ3v) is 3.39. The zero-order valence-electron chi connectivity index (χ0n) is 10.8. The van der Waals surface area contributed by atoms with Crippen LogP contribution in [0.4, 0.5) is 22.0 Å². The standard InChI is InChI=1S/C12H14BrF5N2O/c13-10-4-8(14)2-1-7(10)3-9(20-19)5-21-6-12(17,18)11(15)16/h1-2,4,9,11,20H,3,5-6,19H2. The monoisotopic (exact) mass is 376 g/mol. The quantitative estimate of drug-likeness (QED) is 0.416. The number of halogens is 6. The summed E-state index contributed by atoms with van der Waals surface area (Å²) in [6.07, 6.45) is -3.54. The minimum atomic E-state index is -4.20. The number of ether oxygens (including phenoxy) is 1. The van der Waals surface area contributed by atoms with E-state index in [1.165, 1.54) is 18.2 Å². The summed E-state index contributed by atoms with van der Waals surface area (Å²) in [5, 5.41) is 0. The molecule has 0 aliphatic rings. The van der Waals surface area contributed by atoms with Crippen molar-refractivity contribution in [2.24, 2.45) is 5.84 Å². The molecule has 0 aliphatic heterocycles. The first kappa shape index (κ1) is 18.3. The van der Waals surface area contributed by atoms with Gasteiger partial charge in [-0.1, -0.05) is 22.0 Å². The molecule has 0 radical (unpaired) electrons. The molecule has 1 unspecified atom stereocenters. The number of benzene rings is 1. The van der Waals surface area contributed by atoms with Gasteiger partial charge in [0.25, 0.3) is 0 Å². The van der Waals surface area contributed by atoms with Crippen molar-refractivity contribution >= 4 is 15.9 Å². The van der Waals surface area contributed by atoms with Crippen LogP contribution >= 0.6 is 15.9 Å². The van der Waals surface area contributed by atoms with Gasteiger partial charge in [0.05, 0.1) is 6.61 Å². The minimum absolute atomic E-state index is 0.248. The molecule has 0 fully saturated rings. The van der Waals surface area contributed by atoms with Gasteiger partial charge in [0.1, 0.15) is 12.4 Å². The van der Waals surface area contributed by atoms with Crippen molar-refractivity contribution in [3.05, 3.63) is 34.1 Å². The molecule has 0 bridgehead atoms. The number of alkyl halides is 4. The van der Waals surface area contributed by atoms with Crippen LogP contribution in [0.15, 0.2) is 22.7 Å². The summed E-state index contributed by atoms with van der Waals surface area (Å²) in [5.74, 6) is 0.622. The first-order valence-electron chi connectivity index (χ1n) is 5.90. The van der Waals surface area contributed by atoms with E-state index in [9.17, 15) is 22.0 Å². The van der Waals surface area contributed by atoms with Crippen LogP contribution in [0.2, 0.25) is 0 Å². The van der Waals surface area contributed by atoms with E-state index in [2.05, 4.69) is 26.1 Å². The molecule has 0 aromatic heterocycles. The Bertz CT molecular complexity index is 461. The SMILES string of the molecule is NNC(COCC(F)(F)C(F)F)Cc1ccc(F)cc1Br. The van der Waals surface area contributed by atoms with Crippen LogP contribution in [0.3, 0.4) is 0 Å². The number of hydrazine groups is 1. The molecule has 21 heavy (non-hydrogen) atoms. The van der Waals surface area contributed by atoms with Crippen molar-refractivity contribution < 1.29 is 26.7 Å². The molecule has 3 nitrogen and oxygen atoms in total. The minimum Gasteiger partial charge on any atom is -0.373 e. The smallest absolute Gasteiger partial charge is 0.330 e. The Morgan fingerprint density at radius 3 is 2.52 bits per heavy atom. The van der Waals surface area contributed by atoms with Crippen molar-refractivity contribution in [3.63, 3.8) is 0 Å². The lowest BCUT2D eigenvalue weighted by atomic mass is 10.1.